The van der Waals surface area contributed by atoms with Crippen LogP contribution in [0, 0.1) is 6.92 Å². The van der Waals surface area contributed by atoms with E-state index >= 15 is 0 Å². The number of piperazine rings is 1. The van der Waals surface area contributed by atoms with Crippen molar-refractivity contribution in [1.29, 1.82) is 0 Å². The Labute approximate surface area is 113 Å². The summed E-state index contributed by atoms with van der Waals surface area (Å²) in [6.45, 7) is 4.94. The summed E-state index contributed by atoms with van der Waals surface area (Å²) in [7, 11) is 0. The number of carbonyl (C=O) groups is 2. The first kappa shape index (κ1) is 13.5. The Kier molecular flexibility index (Phi) is 4.16. The van der Waals surface area contributed by atoms with Gasteiger partial charge in [0, 0.05) is 31.7 Å². The van der Waals surface area contributed by atoms with Crippen molar-refractivity contribution in [3.05, 3.63) is 35.4 Å². The Hall–Kier alpha value is -1.88. The van der Waals surface area contributed by atoms with Gasteiger partial charge in [-0.2, -0.15) is 0 Å². The van der Waals surface area contributed by atoms with E-state index in [1.807, 2.05) is 41.0 Å². The molecule has 0 spiro atoms. The molecule has 2 amide bonds. The molecule has 0 bridgehead atoms. The minimum Gasteiger partial charge on any atom is -0.369 e. The summed E-state index contributed by atoms with van der Waals surface area (Å²) in [5.41, 5.74) is 7.02. The van der Waals surface area contributed by atoms with Crippen molar-refractivity contribution < 1.29 is 9.59 Å². The molecule has 1 aromatic carbocycles. The monoisotopic (exact) mass is 261 g/mol. The maximum absolute atomic E-state index is 12.3. The van der Waals surface area contributed by atoms with E-state index in [0.717, 1.165) is 5.56 Å². The fourth-order valence-corrected chi connectivity index (χ4v) is 2.21. The van der Waals surface area contributed by atoms with Crippen LogP contribution in [0.4, 0.5) is 0 Å². The first-order chi connectivity index (χ1) is 9.06. The van der Waals surface area contributed by atoms with Gasteiger partial charge in [0.2, 0.25) is 5.91 Å². The standard InChI is InChI=1S/C14H19N3O2/c1-11-2-4-12(5-3-11)14(19)17-8-6-16(7-9-17)10-13(15)18/h2-5H,6-10H2,1H3,(H2,15,18). The van der Waals surface area contributed by atoms with Gasteiger partial charge < -0.3 is 10.6 Å². The van der Waals surface area contributed by atoms with Gasteiger partial charge in [-0.1, -0.05) is 17.7 Å². The van der Waals surface area contributed by atoms with Gasteiger partial charge in [-0.3, -0.25) is 14.5 Å². The molecule has 1 saturated heterocycles. The second-order valence-electron chi connectivity index (χ2n) is 4.90. The molecule has 2 rings (SSSR count). The van der Waals surface area contributed by atoms with Crippen LogP contribution in [0.15, 0.2) is 24.3 Å². The van der Waals surface area contributed by atoms with Crippen LogP contribution in [0.3, 0.4) is 0 Å². The number of carbonyl (C=O) groups excluding carboxylic acids is 2. The van der Waals surface area contributed by atoms with Crippen LogP contribution in [0.2, 0.25) is 0 Å². The average Bonchev–Trinajstić information content (AvgIpc) is 2.39. The predicted octanol–water partition coefficient (Wildman–Crippen LogP) is 0.238. The SMILES string of the molecule is Cc1ccc(C(=O)N2CCN(CC(N)=O)CC2)cc1. The highest BCUT2D eigenvalue weighted by Crippen LogP contribution is 2.09. The highest BCUT2D eigenvalue weighted by molar-refractivity contribution is 5.94. The van der Waals surface area contributed by atoms with Crippen LogP contribution < -0.4 is 5.73 Å². The molecule has 1 aliphatic heterocycles. The fraction of sp³-hybridized carbons (Fsp3) is 0.429. The molecule has 19 heavy (non-hydrogen) atoms. The van der Waals surface area contributed by atoms with Crippen LogP contribution >= 0.6 is 0 Å². The quantitative estimate of drug-likeness (QED) is 0.847. The van der Waals surface area contributed by atoms with E-state index in [1.54, 1.807) is 0 Å². The molecule has 2 N–H and O–H groups in total. The van der Waals surface area contributed by atoms with Gasteiger partial charge in [0.25, 0.3) is 5.91 Å². The number of nitrogens with zero attached hydrogens (tertiary/aromatic N) is 2. The number of nitrogens with two attached hydrogens (primary N) is 1. The molecule has 5 nitrogen and oxygen atoms in total. The number of amides is 2. The maximum Gasteiger partial charge on any atom is 0.253 e. The summed E-state index contributed by atoms with van der Waals surface area (Å²) in [6.07, 6.45) is 0. The number of primary amides is 1. The molecular weight excluding hydrogens is 242 g/mol. The van der Waals surface area contributed by atoms with Crippen LogP contribution in [0.1, 0.15) is 15.9 Å². The first-order valence-electron chi connectivity index (χ1n) is 6.43. The van der Waals surface area contributed by atoms with Crippen molar-refractivity contribution in [2.45, 2.75) is 6.92 Å². The van der Waals surface area contributed by atoms with Gasteiger partial charge >= 0.3 is 0 Å². The van der Waals surface area contributed by atoms with Gasteiger partial charge in [0.1, 0.15) is 0 Å². The molecule has 102 valence electrons. The topological polar surface area (TPSA) is 66.6 Å². The normalized spacial score (nSPS) is 16.4. The van der Waals surface area contributed by atoms with Crippen LogP contribution in [0.5, 0.6) is 0 Å². The minimum atomic E-state index is -0.321. The predicted molar refractivity (Wildman–Crippen MR) is 72.7 cm³/mol. The summed E-state index contributed by atoms with van der Waals surface area (Å²) >= 11 is 0. The third-order valence-electron chi connectivity index (χ3n) is 3.34. The van der Waals surface area contributed by atoms with Crippen molar-refractivity contribution in [3.8, 4) is 0 Å². The second-order valence-corrected chi connectivity index (χ2v) is 4.90. The summed E-state index contributed by atoms with van der Waals surface area (Å²) < 4.78 is 0. The van der Waals surface area contributed by atoms with Gasteiger partial charge in [-0.25, -0.2) is 0 Å². The fourth-order valence-electron chi connectivity index (χ4n) is 2.21. The van der Waals surface area contributed by atoms with E-state index in [-0.39, 0.29) is 18.4 Å². The first-order valence-corrected chi connectivity index (χ1v) is 6.43. The third kappa shape index (κ3) is 3.54. The number of benzene rings is 1. The van der Waals surface area contributed by atoms with E-state index in [2.05, 4.69) is 0 Å². The van der Waals surface area contributed by atoms with E-state index < -0.39 is 0 Å². The van der Waals surface area contributed by atoms with E-state index in [1.165, 1.54) is 0 Å². The zero-order chi connectivity index (χ0) is 13.8. The molecule has 0 unspecified atom stereocenters. The van der Waals surface area contributed by atoms with Gasteiger partial charge in [-0.05, 0) is 19.1 Å². The molecule has 1 fully saturated rings. The van der Waals surface area contributed by atoms with E-state index in [9.17, 15) is 9.59 Å². The second kappa shape index (κ2) is 5.84. The molecule has 0 atom stereocenters. The molecule has 0 radical (unpaired) electrons. The highest BCUT2D eigenvalue weighted by atomic mass is 16.2. The number of aryl methyl sites for hydroxylation is 1. The smallest absolute Gasteiger partial charge is 0.253 e. The Morgan fingerprint density at radius 3 is 2.21 bits per heavy atom. The summed E-state index contributed by atoms with van der Waals surface area (Å²) in [6, 6.07) is 7.59. The largest absolute Gasteiger partial charge is 0.369 e. The van der Waals surface area contributed by atoms with Crippen molar-refractivity contribution in [1.82, 2.24) is 9.80 Å². The number of hydrogen-bond acceptors (Lipinski definition) is 3. The summed E-state index contributed by atoms with van der Waals surface area (Å²) in [5, 5.41) is 0. The summed E-state index contributed by atoms with van der Waals surface area (Å²) in [4.78, 5) is 26.9. The molecule has 0 aliphatic carbocycles. The van der Waals surface area contributed by atoms with Gasteiger partial charge in [0.15, 0.2) is 0 Å². The van der Waals surface area contributed by atoms with E-state index in [4.69, 9.17) is 5.73 Å². The van der Waals surface area contributed by atoms with Gasteiger partial charge in [-0.15, -0.1) is 0 Å². The molecule has 1 heterocycles. The minimum absolute atomic E-state index is 0.0544. The lowest BCUT2D eigenvalue weighted by Gasteiger charge is -2.34. The highest BCUT2D eigenvalue weighted by Gasteiger charge is 2.22. The van der Waals surface area contributed by atoms with Crippen LogP contribution in [-0.4, -0.2) is 54.3 Å². The molecular formula is C14H19N3O2. The molecule has 0 saturated carbocycles. The number of rotatable bonds is 3. The van der Waals surface area contributed by atoms with Crippen molar-refractivity contribution in [3.63, 3.8) is 0 Å². The van der Waals surface area contributed by atoms with Crippen LogP contribution in [0.25, 0.3) is 0 Å². The Morgan fingerprint density at radius 2 is 1.68 bits per heavy atom. The Balaban J connectivity index is 1.92. The van der Waals surface area contributed by atoms with Crippen LogP contribution in [-0.2, 0) is 4.79 Å². The van der Waals surface area contributed by atoms with Gasteiger partial charge in [0.05, 0.1) is 6.54 Å². The number of hydrogen-bond donors (Lipinski definition) is 1. The van der Waals surface area contributed by atoms with Crippen molar-refractivity contribution in [2.75, 3.05) is 32.7 Å². The summed E-state index contributed by atoms with van der Waals surface area (Å²) in [5.74, 6) is -0.267. The Bertz CT molecular complexity index is 462. The lowest BCUT2D eigenvalue weighted by Crippen LogP contribution is -2.50. The van der Waals surface area contributed by atoms with E-state index in [0.29, 0.717) is 31.7 Å². The zero-order valence-corrected chi connectivity index (χ0v) is 11.1. The molecule has 0 aromatic heterocycles. The molecule has 1 aromatic rings. The van der Waals surface area contributed by atoms with Crippen molar-refractivity contribution in [2.24, 2.45) is 5.73 Å². The molecule has 5 heteroatoms. The van der Waals surface area contributed by atoms with Crippen molar-refractivity contribution >= 4 is 11.8 Å². The lowest BCUT2D eigenvalue weighted by atomic mass is 10.1. The average molecular weight is 261 g/mol. The lowest BCUT2D eigenvalue weighted by molar-refractivity contribution is -0.119. The zero-order valence-electron chi connectivity index (χ0n) is 11.1. The third-order valence-corrected chi connectivity index (χ3v) is 3.34. The maximum atomic E-state index is 12.3. The Morgan fingerprint density at radius 1 is 1.11 bits per heavy atom. The molecule has 1 aliphatic rings.